The Labute approximate surface area is 95.6 Å². The van der Waals surface area contributed by atoms with Gasteiger partial charge in [0, 0.05) is 19.2 Å². The number of rotatable bonds is 2. The van der Waals surface area contributed by atoms with E-state index in [1.165, 1.54) is 19.3 Å². The third-order valence-corrected chi connectivity index (χ3v) is 3.19. The number of hydrogen-bond donors (Lipinski definition) is 1. The minimum absolute atomic E-state index is 0.0816. The van der Waals surface area contributed by atoms with Gasteiger partial charge in [0.05, 0.1) is 6.26 Å². The summed E-state index contributed by atoms with van der Waals surface area (Å²) in [6.07, 6.45) is 7.52. The van der Waals surface area contributed by atoms with Crippen LogP contribution in [0, 0.1) is 0 Å². The molecule has 0 aromatic carbocycles. The highest BCUT2D eigenvalue weighted by Gasteiger charge is 2.22. The van der Waals surface area contributed by atoms with Crippen LogP contribution in [0.15, 0.2) is 22.8 Å². The van der Waals surface area contributed by atoms with E-state index in [0.29, 0.717) is 11.9 Å². The van der Waals surface area contributed by atoms with Crippen molar-refractivity contribution in [3.8, 4) is 0 Å². The number of amides is 2. The average Bonchev–Trinajstić information content (AvgIpc) is 2.82. The molecule has 1 N–H and O–H groups in total. The van der Waals surface area contributed by atoms with E-state index >= 15 is 0 Å². The predicted molar refractivity (Wildman–Crippen MR) is 62.4 cm³/mol. The fraction of sp³-hybridized carbons (Fsp3) is 0.583. The second-order valence-corrected chi connectivity index (χ2v) is 4.31. The van der Waals surface area contributed by atoms with Crippen LogP contribution in [0.1, 0.15) is 32.1 Å². The molecule has 16 heavy (non-hydrogen) atoms. The Hall–Kier alpha value is -1.45. The summed E-state index contributed by atoms with van der Waals surface area (Å²) in [5.74, 6) is 0.507. The Morgan fingerprint density at radius 3 is 2.81 bits per heavy atom. The molecule has 1 fully saturated rings. The molecule has 4 nitrogen and oxygen atoms in total. The van der Waals surface area contributed by atoms with Gasteiger partial charge in [-0.1, -0.05) is 19.3 Å². The number of anilines is 1. The average molecular weight is 222 g/mol. The molecule has 1 aliphatic rings. The molecule has 88 valence electrons. The maximum Gasteiger partial charge on any atom is 0.324 e. The maximum atomic E-state index is 11.9. The largest absolute Gasteiger partial charge is 0.449 e. The third kappa shape index (κ3) is 2.56. The molecule has 0 saturated heterocycles. The Kier molecular flexibility index (Phi) is 3.49. The van der Waals surface area contributed by atoms with E-state index in [-0.39, 0.29) is 6.03 Å². The Balaban J connectivity index is 1.88. The lowest BCUT2D eigenvalue weighted by Crippen LogP contribution is -2.40. The second-order valence-electron chi connectivity index (χ2n) is 4.31. The van der Waals surface area contributed by atoms with Crippen LogP contribution < -0.4 is 5.32 Å². The molecule has 1 saturated carbocycles. The van der Waals surface area contributed by atoms with Crippen LogP contribution >= 0.6 is 0 Å². The zero-order valence-corrected chi connectivity index (χ0v) is 9.61. The molecule has 0 bridgehead atoms. The molecule has 0 spiro atoms. The van der Waals surface area contributed by atoms with Gasteiger partial charge in [0.2, 0.25) is 5.88 Å². The van der Waals surface area contributed by atoms with Crippen molar-refractivity contribution in [2.45, 2.75) is 38.1 Å². The minimum Gasteiger partial charge on any atom is -0.449 e. The van der Waals surface area contributed by atoms with Crippen LogP contribution in [0.25, 0.3) is 0 Å². The summed E-state index contributed by atoms with van der Waals surface area (Å²) in [4.78, 5) is 13.7. The number of nitrogens with one attached hydrogen (secondary N) is 1. The number of furan rings is 1. The number of urea groups is 1. The fourth-order valence-electron chi connectivity index (χ4n) is 2.18. The number of carbonyl (C=O) groups is 1. The van der Waals surface area contributed by atoms with Gasteiger partial charge in [-0.15, -0.1) is 0 Å². The van der Waals surface area contributed by atoms with Crippen LogP contribution in [0.2, 0.25) is 0 Å². The van der Waals surface area contributed by atoms with Gasteiger partial charge in [0.1, 0.15) is 0 Å². The molecule has 1 aliphatic carbocycles. The summed E-state index contributed by atoms with van der Waals surface area (Å²) in [7, 11) is 1.86. The normalized spacial score (nSPS) is 17.1. The standard InChI is InChI=1S/C12H18N2O2/c1-14(10-6-3-2-4-7-10)12(15)13-11-8-5-9-16-11/h5,8-10H,2-4,6-7H2,1H3,(H,13,15). The van der Waals surface area contributed by atoms with Crippen LogP contribution in [0.4, 0.5) is 10.7 Å². The van der Waals surface area contributed by atoms with Crippen LogP contribution in [0.5, 0.6) is 0 Å². The first-order valence-electron chi connectivity index (χ1n) is 5.84. The molecule has 0 unspecified atom stereocenters. The first-order valence-corrected chi connectivity index (χ1v) is 5.84. The smallest absolute Gasteiger partial charge is 0.324 e. The van der Waals surface area contributed by atoms with Gasteiger partial charge in [0.15, 0.2) is 0 Å². The van der Waals surface area contributed by atoms with E-state index in [0.717, 1.165) is 12.8 Å². The maximum absolute atomic E-state index is 11.9. The van der Waals surface area contributed by atoms with Crippen molar-refractivity contribution in [2.24, 2.45) is 0 Å². The number of carbonyl (C=O) groups excluding carboxylic acids is 1. The highest BCUT2D eigenvalue weighted by atomic mass is 16.3. The molecule has 4 heteroatoms. The highest BCUT2D eigenvalue weighted by Crippen LogP contribution is 2.22. The first kappa shape index (κ1) is 11.0. The van der Waals surface area contributed by atoms with Gasteiger partial charge in [-0.2, -0.15) is 0 Å². The van der Waals surface area contributed by atoms with E-state index in [1.54, 1.807) is 23.3 Å². The Morgan fingerprint density at radius 2 is 2.19 bits per heavy atom. The topological polar surface area (TPSA) is 45.5 Å². The molecular formula is C12H18N2O2. The van der Waals surface area contributed by atoms with Crippen molar-refractivity contribution in [3.63, 3.8) is 0 Å². The summed E-state index contributed by atoms with van der Waals surface area (Å²) < 4.78 is 5.08. The van der Waals surface area contributed by atoms with Crippen molar-refractivity contribution in [1.29, 1.82) is 0 Å². The summed E-state index contributed by atoms with van der Waals surface area (Å²) in [5, 5.41) is 2.74. The summed E-state index contributed by atoms with van der Waals surface area (Å²) >= 11 is 0. The summed E-state index contributed by atoms with van der Waals surface area (Å²) in [5.41, 5.74) is 0. The van der Waals surface area contributed by atoms with E-state index in [1.807, 2.05) is 7.05 Å². The van der Waals surface area contributed by atoms with Gasteiger partial charge in [-0.05, 0) is 18.9 Å². The summed E-state index contributed by atoms with van der Waals surface area (Å²) in [6, 6.07) is 3.80. The van der Waals surface area contributed by atoms with Crippen molar-refractivity contribution < 1.29 is 9.21 Å². The number of nitrogens with zero attached hydrogens (tertiary/aromatic N) is 1. The Morgan fingerprint density at radius 1 is 1.44 bits per heavy atom. The molecular weight excluding hydrogens is 204 g/mol. The SMILES string of the molecule is CN(C(=O)Nc1ccco1)C1CCCCC1. The highest BCUT2D eigenvalue weighted by molar-refractivity contribution is 5.87. The zero-order valence-electron chi connectivity index (χ0n) is 9.61. The minimum atomic E-state index is -0.0816. The molecule has 2 amide bonds. The van der Waals surface area contributed by atoms with E-state index in [4.69, 9.17) is 4.42 Å². The number of hydrogen-bond acceptors (Lipinski definition) is 2. The Bertz CT molecular complexity index is 329. The second kappa shape index (κ2) is 5.05. The lowest BCUT2D eigenvalue weighted by atomic mass is 9.95. The van der Waals surface area contributed by atoms with E-state index in [9.17, 15) is 4.79 Å². The molecule has 1 aromatic heterocycles. The fourth-order valence-corrected chi connectivity index (χ4v) is 2.18. The monoisotopic (exact) mass is 222 g/mol. The molecule has 0 aliphatic heterocycles. The van der Waals surface area contributed by atoms with Crippen molar-refractivity contribution >= 4 is 11.9 Å². The van der Waals surface area contributed by atoms with Crippen LogP contribution in [-0.2, 0) is 0 Å². The van der Waals surface area contributed by atoms with Crippen molar-refractivity contribution in [1.82, 2.24) is 4.90 Å². The third-order valence-electron chi connectivity index (χ3n) is 3.19. The van der Waals surface area contributed by atoms with Gasteiger partial charge in [-0.3, -0.25) is 5.32 Å². The summed E-state index contributed by atoms with van der Waals surface area (Å²) in [6.45, 7) is 0. The lowest BCUT2D eigenvalue weighted by molar-refractivity contribution is 0.185. The van der Waals surface area contributed by atoms with Gasteiger partial charge in [0.25, 0.3) is 0 Å². The van der Waals surface area contributed by atoms with E-state index < -0.39 is 0 Å². The molecule has 0 atom stereocenters. The lowest BCUT2D eigenvalue weighted by Gasteiger charge is -2.30. The van der Waals surface area contributed by atoms with Crippen LogP contribution in [0.3, 0.4) is 0 Å². The van der Waals surface area contributed by atoms with Crippen molar-refractivity contribution in [3.05, 3.63) is 18.4 Å². The first-order chi connectivity index (χ1) is 7.77. The van der Waals surface area contributed by atoms with E-state index in [2.05, 4.69) is 5.32 Å². The van der Waals surface area contributed by atoms with Gasteiger partial charge < -0.3 is 9.32 Å². The quantitative estimate of drug-likeness (QED) is 0.835. The van der Waals surface area contributed by atoms with Crippen LogP contribution in [-0.4, -0.2) is 24.0 Å². The van der Waals surface area contributed by atoms with Crippen molar-refractivity contribution in [2.75, 3.05) is 12.4 Å². The zero-order chi connectivity index (χ0) is 11.4. The molecule has 0 radical (unpaired) electrons. The van der Waals surface area contributed by atoms with Gasteiger partial charge in [-0.25, -0.2) is 4.79 Å². The molecule has 1 heterocycles. The molecule has 1 aromatic rings. The van der Waals surface area contributed by atoms with Gasteiger partial charge >= 0.3 is 6.03 Å². The predicted octanol–water partition coefficient (Wildman–Crippen LogP) is 3.08. The molecule has 2 rings (SSSR count).